The fraction of sp³-hybridized carbons (Fsp3) is 0.240. The average Bonchev–Trinajstić information content (AvgIpc) is 3.55. The summed E-state index contributed by atoms with van der Waals surface area (Å²) in [6.45, 7) is 0.783. The number of para-hydroxylation sites is 1. The zero-order valence-corrected chi connectivity index (χ0v) is 19.5. The van der Waals surface area contributed by atoms with Crippen molar-refractivity contribution < 1.29 is 14.0 Å². The van der Waals surface area contributed by atoms with Gasteiger partial charge < -0.3 is 9.73 Å². The van der Waals surface area contributed by atoms with Gasteiger partial charge in [-0.1, -0.05) is 72.5 Å². The van der Waals surface area contributed by atoms with Gasteiger partial charge in [0.25, 0.3) is 5.91 Å². The number of benzene rings is 2. The van der Waals surface area contributed by atoms with E-state index in [1.54, 1.807) is 17.2 Å². The highest BCUT2D eigenvalue weighted by Crippen LogP contribution is 2.65. The number of hydrogen-bond donors (Lipinski definition) is 1. The molecule has 0 unspecified atom stereocenters. The topological polar surface area (TPSA) is 65.8 Å². The molecule has 4 heterocycles. The van der Waals surface area contributed by atoms with Crippen molar-refractivity contribution in [3.05, 3.63) is 89.9 Å². The van der Waals surface area contributed by atoms with E-state index >= 15 is 0 Å². The van der Waals surface area contributed by atoms with Gasteiger partial charge in [-0.05, 0) is 30.8 Å². The van der Waals surface area contributed by atoms with E-state index < -0.39 is 10.3 Å². The standard InChI is InChI=1S/C25H21N3O3S2/c1-27-15-19(16-8-3-2-4-9-16)25(24(27)18-11-5-6-12-20(18)26-21(24)29)22(30)28(23(32)33-25)14-17-10-7-13-31-17/h2-13,19H,14-15H2,1H3,(H,26,29)/t19-,24+,25-/m0/s1. The number of carbonyl (C=O) groups excluding carboxylic acids is 2. The van der Waals surface area contributed by atoms with Crippen molar-refractivity contribution in [2.45, 2.75) is 22.7 Å². The molecule has 6 rings (SSSR count). The summed E-state index contributed by atoms with van der Waals surface area (Å²) in [6.07, 6.45) is 1.58. The molecule has 3 aliphatic heterocycles. The van der Waals surface area contributed by atoms with Crippen LogP contribution in [0.2, 0.25) is 0 Å². The van der Waals surface area contributed by atoms with E-state index in [1.165, 1.54) is 11.8 Å². The summed E-state index contributed by atoms with van der Waals surface area (Å²) in [6, 6.07) is 21.2. The number of thioether (sulfide) groups is 1. The maximum absolute atomic E-state index is 14.5. The number of furan rings is 1. The third kappa shape index (κ3) is 2.57. The fourth-order valence-electron chi connectivity index (χ4n) is 5.75. The summed E-state index contributed by atoms with van der Waals surface area (Å²) in [5.41, 5.74) is 1.39. The average molecular weight is 476 g/mol. The molecule has 2 fully saturated rings. The maximum Gasteiger partial charge on any atom is 0.251 e. The molecule has 3 atom stereocenters. The molecule has 1 aromatic heterocycles. The zero-order valence-electron chi connectivity index (χ0n) is 17.9. The van der Waals surface area contributed by atoms with E-state index in [9.17, 15) is 9.59 Å². The van der Waals surface area contributed by atoms with Gasteiger partial charge in [0.05, 0.1) is 12.8 Å². The molecule has 33 heavy (non-hydrogen) atoms. The first-order chi connectivity index (χ1) is 16.0. The van der Waals surface area contributed by atoms with E-state index in [2.05, 4.69) is 5.32 Å². The molecular formula is C25H21N3O3S2. The van der Waals surface area contributed by atoms with Gasteiger partial charge in [-0.25, -0.2) is 0 Å². The van der Waals surface area contributed by atoms with E-state index in [0.29, 0.717) is 16.6 Å². The summed E-state index contributed by atoms with van der Waals surface area (Å²) in [7, 11) is 1.93. The van der Waals surface area contributed by atoms with Crippen LogP contribution in [0.25, 0.3) is 0 Å². The Morgan fingerprint density at radius 3 is 2.61 bits per heavy atom. The molecule has 2 aromatic carbocycles. The van der Waals surface area contributed by atoms with Gasteiger partial charge in [-0.15, -0.1) is 0 Å². The third-order valence-electron chi connectivity index (χ3n) is 7.08. The third-order valence-corrected chi connectivity index (χ3v) is 9.02. The number of amides is 2. The Kier molecular flexibility index (Phi) is 4.56. The molecule has 8 heteroatoms. The van der Waals surface area contributed by atoms with Crippen LogP contribution in [0.15, 0.2) is 77.4 Å². The number of nitrogens with one attached hydrogen (secondary N) is 1. The second kappa shape index (κ2) is 7.28. The van der Waals surface area contributed by atoms with Crippen LogP contribution < -0.4 is 5.32 Å². The molecule has 2 spiro atoms. The predicted molar refractivity (Wildman–Crippen MR) is 131 cm³/mol. The molecule has 1 N–H and O–H groups in total. The van der Waals surface area contributed by atoms with Crippen LogP contribution in [0.3, 0.4) is 0 Å². The Morgan fingerprint density at radius 1 is 1.09 bits per heavy atom. The monoisotopic (exact) mass is 475 g/mol. The van der Waals surface area contributed by atoms with Crippen molar-refractivity contribution in [3.63, 3.8) is 0 Å². The molecule has 0 aliphatic carbocycles. The van der Waals surface area contributed by atoms with Crippen LogP contribution >= 0.6 is 24.0 Å². The summed E-state index contributed by atoms with van der Waals surface area (Å²) in [5.74, 6) is 0.0704. The van der Waals surface area contributed by atoms with Crippen molar-refractivity contribution in [2.75, 3.05) is 18.9 Å². The largest absolute Gasteiger partial charge is 0.467 e. The van der Waals surface area contributed by atoms with Gasteiger partial charge >= 0.3 is 0 Å². The highest BCUT2D eigenvalue weighted by atomic mass is 32.2. The molecule has 166 valence electrons. The lowest BCUT2D eigenvalue weighted by atomic mass is 9.72. The summed E-state index contributed by atoms with van der Waals surface area (Å²) in [4.78, 5) is 32.0. The van der Waals surface area contributed by atoms with Crippen LogP contribution in [0.5, 0.6) is 0 Å². The van der Waals surface area contributed by atoms with Gasteiger partial charge in [0.2, 0.25) is 5.91 Å². The Morgan fingerprint density at radius 2 is 1.85 bits per heavy atom. The van der Waals surface area contributed by atoms with Gasteiger partial charge in [-0.3, -0.25) is 19.4 Å². The lowest BCUT2D eigenvalue weighted by Gasteiger charge is -2.41. The molecule has 2 amide bonds. The van der Waals surface area contributed by atoms with Crippen molar-refractivity contribution in [3.8, 4) is 0 Å². The quantitative estimate of drug-likeness (QED) is 0.579. The van der Waals surface area contributed by atoms with Crippen molar-refractivity contribution in [2.24, 2.45) is 0 Å². The van der Waals surface area contributed by atoms with Crippen molar-refractivity contribution >= 4 is 45.8 Å². The molecular weight excluding hydrogens is 454 g/mol. The summed E-state index contributed by atoms with van der Waals surface area (Å²) >= 11 is 7.12. The van der Waals surface area contributed by atoms with Gasteiger partial charge in [0.15, 0.2) is 5.54 Å². The molecule has 3 aromatic rings. The highest BCUT2D eigenvalue weighted by Gasteiger charge is 2.77. The van der Waals surface area contributed by atoms with Gasteiger partial charge in [-0.2, -0.15) is 0 Å². The van der Waals surface area contributed by atoms with Crippen molar-refractivity contribution in [1.29, 1.82) is 0 Å². The lowest BCUT2D eigenvalue weighted by molar-refractivity contribution is -0.138. The summed E-state index contributed by atoms with van der Waals surface area (Å²) in [5, 5.41) is 3.05. The molecule has 0 radical (unpaired) electrons. The molecule has 0 bridgehead atoms. The van der Waals surface area contributed by atoms with Crippen LogP contribution in [0, 0.1) is 0 Å². The number of likely N-dealkylation sites (tertiary alicyclic amines) is 1. The number of carbonyl (C=O) groups is 2. The van der Waals surface area contributed by atoms with E-state index in [4.69, 9.17) is 16.6 Å². The molecule has 6 nitrogen and oxygen atoms in total. The fourth-order valence-corrected chi connectivity index (χ4v) is 7.89. The van der Waals surface area contributed by atoms with Gasteiger partial charge in [0, 0.05) is 23.7 Å². The number of anilines is 1. The second-order valence-corrected chi connectivity index (χ2v) is 10.5. The lowest BCUT2D eigenvalue weighted by Crippen LogP contribution is -2.61. The Hall–Kier alpha value is -2.94. The maximum atomic E-state index is 14.5. The van der Waals surface area contributed by atoms with E-state index in [-0.39, 0.29) is 24.3 Å². The van der Waals surface area contributed by atoms with E-state index in [0.717, 1.165) is 16.8 Å². The van der Waals surface area contributed by atoms with Crippen LogP contribution in [-0.4, -0.2) is 44.3 Å². The predicted octanol–water partition coefficient (Wildman–Crippen LogP) is 3.96. The second-order valence-electron chi connectivity index (χ2n) is 8.63. The SMILES string of the molecule is CN1C[C@@H](c2ccccc2)[C@@]2(SC(=S)N(Cc3ccco3)C2=O)[C@@]12C(=O)Nc1ccccc12. The first-order valence-electron chi connectivity index (χ1n) is 10.7. The van der Waals surface area contributed by atoms with Crippen LogP contribution in [0.4, 0.5) is 5.69 Å². The minimum atomic E-state index is -1.19. The number of likely N-dealkylation sites (N-methyl/N-ethyl adjacent to an activating group) is 1. The normalized spacial score (nSPS) is 28.8. The smallest absolute Gasteiger partial charge is 0.251 e. The Labute approximate surface area is 200 Å². The minimum absolute atomic E-state index is 0.154. The van der Waals surface area contributed by atoms with Crippen molar-refractivity contribution in [1.82, 2.24) is 9.80 Å². The molecule has 3 aliphatic rings. The molecule has 0 saturated carbocycles. The number of hydrogen-bond acceptors (Lipinski definition) is 6. The Bertz CT molecular complexity index is 1280. The number of thiocarbonyl (C=S) groups is 1. The first kappa shape index (κ1) is 20.7. The van der Waals surface area contributed by atoms with E-state index in [1.807, 2.05) is 72.6 Å². The zero-order chi connectivity index (χ0) is 22.8. The van der Waals surface area contributed by atoms with Crippen LogP contribution in [-0.2, 0) is 21.7 Å². The summed E-state index contributed by atoms with van der Waals surface area (Å²) < 4.78 is 4.83. The van der Waals surface area contributed by atoms with Gasteiger partial charge in [0.1, 0.15) is 14.8 Å². The number of rotatable bonds is 3. The minimum Gasteiger partial charge on any atom is -0.467 e. The van der Waals surface area contributed by atoms with Crippen LogP contribution in [0.1, 0.15) is 22.8 Å². The number of nitrogens with zero attached hydrogens (tertiary/aromatic N) is 2. The number of fused-ring (bicyclic) bond motifs is 3. The highest BCUT2D eigenvalue weighted by molar-refractivity contribution is 8.25. The first-order valence-corrected chi connectivity index (χ1v) is 12.0. The Balaban J connectivity index is 1.59. The molecule has 2 saturated heterocycles.